The zero-order valence-corrected chi connectivity index (χ0v) is 5.76. The van der Waals surface area contributed by atoms with E-state index in [-0.39, 0.29) is 0 Å². The van der Waals surface area contributed by atoms with Crippen molar-refractivity contribution in [3.05, 3.63) is 24.0 Å². The van der Waals surface area contributed by atoms with Crippen molar-refractivity contribution in [1.29, 1.82) is 0 Å². The molecule has 0 aliphatic heterocycles. The summed E-state index contributed by atoms with van der Waals surface area (Å²) in [6, 6.07) is 3.58. The molecule has 0 aliphatic carbocycles. The molecule has 50 valence electrons. The standard InChI is InChI=1S/C8H8N2/c1-2-3-8-5-4-7(9)6-10-8/h4-6H,9H2,1H3. The molecule has 0 bridgehead atoms. The number of nitrogens with zero attached hydrogens (tertiary/aromatic N) is 1. The quantitative estimate of drug-likeness (QED) is 0.535. The minimum atomic E-state index is 0.668. The van der Waals surface area contributed by atoms with Crippen molar-refractivity contribution in [2.45, 2.75) is 6.92 Å². The van der Waals surface area contributed by atoms with Crippen molar-refractivity contribution in [1.82, 2.24) is 4.98 Å². The number of aromatic nitrogens is 1. The molecule has 0 aliphatic rings. The molecule has 0 amide bonds. The molecular formula is C8H8N2. The van der Waals surface area contributed by atoms with Crippen molar-refractivity contribution in [3.8, 4) is 11.8 Å². The fourth-order valence-corrected chi connectivity index (χ4v) is 0.607. The Morgan fingerprint density at radius 3 is 2.80 bits per heavy atom. The molecule has 1 rings (SSSR count). The van der Waals surface area contributed by atoms with Gasteiger partial charge in [0.15, 0.2) is 0 Å². The van der Waals surface area contributed by atoms with Gasteiger partial charge in [0.05, 0.1) is 11.9 Å². The fourth-order valence-electron chi connectivity index (χ4n) is 0.607. The number of nitrogens with two attached hydrogens (primary N) is 1. The van der Waals surface area contributed by atoms with Gasteiger partial charge in [0, 0.05) is 0 Å². The Kier molecular flexibility index (Phi) is 1.91. The number of hydrogen-bond donors (Lipinski definition) is 1. The fraction of sp³-hybridized carbons (Fsp3) is 0.125. The van der Waals surface area contributed by atoms with Crippen molar-refractivity contribution < 1.29 is 0 Å². The Morgan fingerprint density at radius 2 is 2.30 bits per heavy atom. The predicted octanol–water partition coefficient (Wildman–Crippen LogP) is 1.04. The van der Waals surface area contributed by atoms with Gasteiger partial charge < -0.3 is 5.73 Å². The Bertz CT molecular complexity index is 264. The normalized spacial score (nSPS) is 8.10. The highest BCUT2D eigenvalue weighted by Gasteiger charge is 1.85. The van der Waals surface area contributed by atoms with Gasteiger partial charge in [0.1, 0.15) is 5.69 Å². The van der Waals surface area contributed by atoms with Gasteiger partial charge in [-0.15, -0.1) is 0 Å². The molecule has 1 heterocycles. The van der Waals surface area contributed by atoms with Crippen LogP contribution in [0.3, 0.4) is 0 Å². The maximum Gasteiger partial charge on any atom is 0.113 e. The highest BCUT2D eigenvalue weighted by molar-refractivity contribution is 5.38. The molecule has 0 radical (unpaired) electrons. The molecule has 1 aromatic heterocycles. The summed E-state index contributed by atoms with van der Waals surface area (Å²) in [6.07, 6.45) is 1.60. The minimum absolute atomic E-state index is 0.668. The van der Waals surface area contributed by atoms with Crippen LogP contribution in [0.25, 0.3) is 0 Å². The molecular weight excluding hydrogens is 124 g/mol. The summed E-state index contributed by atoms with van der Waals surface area (Å²) in [5, 5.41) is 0. The van der Waals surface area contributed by atoms with Crippen molar-refractivity contribution in [2.24, 2.45) is 0 Å². The molecule has 2 nitrogen and oxygen atoms in total. The van der Waals surface area contributed by atoms with Crippen LogP contribution in [0.15, 0.2) is 18.3 Å². The second-order valence-electron chi connectivity index (χ2n) is 1.85. The second-order valence-corrected chi connectivity index (χ2v) is 1.85. The average Bonchev–Trinajstić information content (AvgIpc) is 1.95. The molecule has 0 saturated heterocycles. The van der Waals surface area contributed by atoms with Gasteiger partial charge in [0.25, 0.3) is 0 Å². The van der Waals surface area contributed by atoms with E-state index in [4.69, 9.17) is 5.73 Å². The van der Waals surface area contributed by atoms with E-state index in [1.807, 2.05) is 0 Å². The third-order valence-corrected chi connectivity index (χ3v) is 1.04. The maximum absolute atomic E-state index is 5.41. The van der Waals surface area contributed by atoms with Crippen LogP contribution in [-0.2, 0) is 0 Å². The first-order chi connectivity index (χ1) is 4.83. The topological polar surface area (TPSA) is 38.9 Å². The van der Waals surface area contributed by atoms with Crippen molar-refractivity contribution >= 4 is 5.69 Å². The van der Waals surface area contributed by atoms with Crippen LogP contribution >= 0.6 is 0 Å². The minimum Gasteiger partial charge on any atom is -0.397 e. The van der Waals surface area contributed by atoms with E-state index in [0.717, 1.165) is 5.69 Å². The van der Waals surface area contributed by atoms with E-state index in [0.29, 0.717) is 5.69 Å². The molecule has 1 aromatic rings. The number of nitrogen functional groups attached to an aromatic ring is 1. The molecule has 0 aromatic carbocycles. The Morgan fingerprint density at radius 1 is 1.50 bits per heavy atom. The van der Waals surface area contributed by atoms with Gasteiger partial charge in [-0.3, -0.25) is 0 Å². The molecule has 0 atom stereocenters. The lowest BCUT2D eigenvalue weighted by molar-refractivity contribution is 1.29. The third-order valence-electron chi connectivity index (χ3n) is 1.04. The van der Waals surface area contributed by atoms with Gasteiger partial charge in [-0.2, -0.15) is 0 Å². The maximum atomic E-state index is 5.41. The van der Waals surface area contributed by atoms with Crippen LogP contribution in [0.2, 0.25) is 0 Å². The van der Waals surface area contributed by atoms with E-state index in [1.165, 1.54) is 0 Å². The monoisotopic (exact) mass is 132 g/mol. The summed E-state index contributed by atoms with van der Waals surface area (Å²) < 4.78 is 0. The van der Waals surface area contributed by atoms with E-state index in [1.54, 1.807) is 25.3 Å². The van der Waals surface area contributed by atoms with Gasteiger partial charge in [-0.1, -0.05) is 5.92 Å². The summed E-state index contributed by atoms with van der Waals surface area (Å²) in [5.41, 5.74) is 6.84. The zero-order valence-electron chi connectivity index (χ0n) is 5.76. The van der Waals surface area contributed by atoms with Crippen LogP contribution < -0.4 is 5.73 Å². The first-order valence-electron chi connectivity index (χ1n) is 2.97. The van der Waals surface area contributed by atoms with Crippen molar-refractivity contribution in [2.75, 3.05) is 5.73 Å². The first kappa shape index (κ1) is 6.63. The predicted molar refractivity (Wildman–Crippen MR) is 41.2 cm³/mol. The Hall–Kier alpha value is -1.49. The smallest absolute Gasteiger partial charge is 0.113 e. The van der Waals surface area contributed by atoms with Gasteiger partial charge in [0.2, 0.25) is 0 Å². The van der Waals surface area contributed by atoms with Crippen LogP contribution in [0.4, 0.5) is 5.69 Å². The Labute approximate surface area is 60.1 Å². The molecule has 0 saturated carbocycles. The lowest BCUT2D eigenvalue weighted by Gasteiger charge is -1.89. The van der Waals surface area contributed by atoms with E-state index >= 15 is 0 Å². The zero-order chi connectivity index (χ0) is 7.40. The molecule has 0 spiro atoms. The number of pyridine rings is 1. The van der Waals surface area contributed by atoms with Crippen LogP contribution in [0, 0.1) is 11.8 Å². The van der Waals surface area contributed by atoms with Gasteiger partial charge in [-0.05, 0) is 25.0 Å². The molecule has 0 fully saturated rings. The van der Waals surface area contributed by atoms with Crippen LogP contribution in [0.5, 0.6) is 0 Å². The summed E-state index contributed by atoms with van der Waals surface area (Å²) in [7, 11) is 0. The van der Waals surface area contributed by atoms with E-state index < -0.39 is 0 Å². The number of rotatable bonds is 0. The van der Waals surface area contributed by atoms with Gasteiger partial charge in [-0.25, -0.2) is 4.98 Å². The second kappa shape index (κ2) is 2.88. The molecule has 10 heavy (non-hydrogen) atoms. The highest BCUT2D eigenvalue weighted by atomic mass is 14.7. The van der Waals surface area contributed by atoms with E-state index in [2.05, 4.69) is 16.8 Å². The van der Waals surface area contributed by atoms with Gasteiger partial charge >= 0.3 is 0 Å². The van der Waals surface area contributed by atoms with Crippen LogP contribution in [0.1, 0.15) is 12.6 Å². The van der Waals surface area contributed by atoms with E-state index in [9.17, 15) is 0 Å². The van der Waals surface area contributed by atoms with Crippen molar-refractivity contribution in [3.63, 3.8) is 0 Å². The lowest BCUT2D eigenvalue weighted by Crippen LogP contribution is -1.87. The summed E-state index contributed by atoms with van der Waals surface area (Å²) >= 11 is 0. The SMILES string of the molecule is CC#Cc1ccc(N)cn1. The largest absolute Gasteiger partial charge is 0.397 e. The number of hydrogen-bond acceptors (Lipinski definition) is 2. The average molecular weight is 132 g/mol. The Balaban J connectivity index is 2.97. The lowest BCUT2D eigenvalue weighted by atomic mass is 10.3. The van der Waals surface area contributed by atoms with Crippen LogP contribution in [-0.4, -0.2) is 4.98 Å². The number of anilines is 1. The first-order valence-corrected chi connectivity index (χ1v) is 2.97. The molecule has 2 N–H and O–H groups in total. The molecule has 0 unspecified atom stereocenters. The third kappa shape index (κ3) is 1.49. The summed E-state index contributed by atoms with van der Waals surface area (Å²) in [6.45, 7) is 1.78. The highest BCUT2D eigenvalue weighted by Crippen LogP contribution is 1.98. The molecule has 2 heteroatoms. The summed E-state index contributed by atoms with van der Waals surface area (Å²) in [5.74, 6) is 5.57. The summed E-state index contributed by atoms with van der Waals surface area (Å²) in [4.78, 5) is 3.97.